The second kappa shape index (κ2) is 4.15. The lowest BCUT2D eigenvalue weighted by Crippen LogP contribution is -2.32. The van der Waals surface area contributed by atoms with E-state index >= 15 is 0 Å². The summed E-state index contributed by atoms with van der Waals surface area (Å²) in [6, 6.07) is 0. The van der Waals surface area contributed by atoms with Gasteiger partial charge in [0.15, 0.2) is 0 Å². The molecule has 0 aromatic carbocycles. The van der Waals surface area contributed by atoms with Crippen molar-refractivity contribution in [3.63, 3.8) is 0 Å². The molecule has 0 aromatic rings. The molecule has 0 radical (unpaired) electrons. The predicted octanol–water partition coefficient (Wildman–Crippen LogP) is 2.15. The minimum Gasteiger partial charge on any atom is -0.481 e. The van der Waals surface area contributed by atoms with E-state index in [-0.39, 0.29) is 5.92 Å². The Hall–Kier alpha value is -0.970. The normalized spacial score (nSPS) is 14.8. The highest BCUT2D eigenvalue weighted by atomic mass is 16.4. The van der Waals surface area contributed by atoms with E-state index in [0.29, 0.717) is 6.42 Å². The molecule has 0 spiro atoms. The molecule has 0 aliphatic rings. The van der Waals surface area contributed by atoms with Crippen LogP contribution in [0.2, 0.25) is 0 Å². The standard InChI is InChI=1S/C10H16O2/c1-5-6-7-10(4,8(2)3)9(11)12/h8H,7H2,1-4H3,(H,11,12). The highest BCUT2D eigenvalue weighted by molar-refractivity contribution is 5.74. The van der Waals surface area contributed by atoms with Crippen LogP contribution in [0.5, 0.6) is 0 Å². The van der Waals surface area contributed by atoms with Crippen molar-refractivity contribution in [2.24, 2.45) is 11.3 Å². The lowest BCUT2D eigenvalue weighted by atomic mass is 9.76. The fraction of sp³-hybridized carbons (Fsp3) is 0.700. The minimum absolute atomic E-state index is 0.107. The Morgan fingerprint density at radius 2 is 2.08 bits per heavy atom. The van der Waals surface area contributed by atoms with E-state index in [0.717, 1.165) is 0 Å². The number of aliphatic carboxylic acids is 1. The number of hydrogen-bond donors (Lipinski definition) is 1. The van der Waals surface area contributed by atoms with Gasteiger partial charge in [-0.05, 0) is 19.8 Å². The van der Waals surface area contributed by atoms with Crippen molar-refractivity contribution >= 4 is 5.97 Å². The summed E-state index contributed by atoms with van der Waals surface area (Å²) in [4.78, 5) is 10.9. The average Bonchev–Trinajstić information content (AvgIpc) is 1.99. The van der Waals surface area contributed by atoms with Gasteiger partial charge >= 0.3 is 5.97 Å². The predicted molar refractivity (Wildman–Crippen MR) is 48.6 cm³/mol. The number of carbonyl (C=O) groups is 1. The van der Waals surface area contributed by atoms with Gasteiger partial charge in [0.05, 0.1) is 5.41 Å². The Morgan fingerprint density at radius 3 is 2.33 bits per heavy atom. The van der Waals surface area contributed by atoms with Crippen molar-refractivity contribution in [2.45, 2.75) is 34.1 Å². The molecular weight excluding hydrogens is 152 g/mol. The van der Waals surface area contributed by atoms with Crippen molar-refractivity contribution in [1.82, 2.24) is 0 Å². The maximum Gasteiger partial charge on any atom is 0.310 e. The van der Waals surface area contributed by atoms with E-state index in [4.69, 9.17) is 5.11 Å². The molecule has 0 rings (SSSR count). The van der Waals surface area contributed by atoms with Gasteiger partial charge in [0.2, 0.25) is 0 Å². The Balaban J connectivity index is 4.58. The third kappa shape index (κ3) is 2.27. The first-order chi connectivity index (χ1) is 5.45. The molecule has 2 nitrogen and oxygen atoms in total. The van der Waals surface area contributed by atoms with Crippen molar-refractivity contribution in [3.8, 4) is 11.8 Å². The van der Waals surface area contributed by atoms with Crippen LogP contribution >= 0.6 is 0 Å². The second-order valence-electron chi connectivity index (χ2n) is 3.48. The van der Waals surface area contributed by atoms with Crippen LogP contribution in [0.4, 0.5) is 0 Å². The molecule has 0 heterocycles. The third-order valence-electron chi connectivity index (χ3n) is 2.40. The van der Waals surface area contributed by atoms with E-state index < -0.39 is 11.4 Å². The van der Waals surface area contributed by atoms with E-state index in [1.807, 2.05) is 13.8 Å². The zero-order chi connectivity index (χ0) is 9.78. The lowest BCUT2D eigenvalue weighted by Gasteiger charge is -2.26. The first-order valence-electron chi connectivity index (χ1n) is 4.08. The monoisotopic (exact) mass is 168 g/mol. The summed E-state index contributed by atoms with van der Waals surface area (Å²) in [6.07, 6.45) is 0.427. The molecule has 12 heavy (non-hydrogen) atoms. The second-order valence-corrected chi connectivity index (χ2v) is 3.48. The number of rotatable bonds is 3. The average molecular weight is 168 g/mol. The summed E-state index contributed by atoms with van der Waals surface area (Å²) in [7, 11) is 0. The first-order valence-corrected chi connectivity index (χ1v) is 4.08. The number of carboxylic acid groups (broad SMARTS) is 1. The van der Waals surface area contributed by atoms with Crippen molar-refractivity contribution in [2.75, 3.05) is 0 Å². The number of carboxylic acids is 1. The first kappa shape index (κ1) is 11.0. The molecule has 68 valence electrons. The van der Waals surface area contributed by atoms with Gasteiger partial charge in [-0.1, -0.05) is 13.8 Å². The summed E-state index contributed by atoms with van der Waals surface area (Å²) < 4.78 is 0. The van der Waals surface area contributed by atoms with Crippen molar-refractivity contribution < 1.29 is 9.90 Å². The highest BCUT2D eigenvalue weighted by Crippen LogP contribution is 2.30. The van der Waals surface area contributed by atoms with Gasteiger partial charge in [-0.25, -0.2) is 0 Å². The zero-order valence-electron chi connectivity index (χ0n) is 8.14. The lowest BCUT2D eigenvalue weighted by molar-refractivity contribution is -0.150. The Kier molecular flexibility index (Phi) is 3.82. The molecule has 0 saturated heterocycles. The molecule has 1 atom stereocenters. The summed E-state index contributed by atoms with van der Waals surface area (Å²) in [5, 5.41) is 8.96. The molecule has 1 unspecified atom stereocenters. The van der Waals surface area contributed by atoms with Crippen LogP contribution in [0.3, 0.4) is 0 Å². The summed E-state index contributed by atoms with van der Waals surface area (Å²) >= 11 is 0. The van der Waals surface area contributed by atoms with Gasteiger partial charge < -0.3 is 5.11 Å². The van der Waals surface area contributed by atoms with Crippen molar-refractivity contribution in [1.29, 1.82) is 0 Å². The van der Waals surface area contributed by atoms with E-state index in [1.54, 1.807) is 13.8 Å². The topological polar surface area (TPSA) is 37.3 Å². The molecule has 0 aromatic heterocycles. The minimum atomic E-state index is -0.764. The smallest absolute Gasteiger partial charge is 0.310 e. The van der Waals surface area contributed by atoms with Crippen LogP contribution in [0, 0.1) is 23.2 Å². The number of hydrogen-bond acceptors (Lipinski definition) is 1. The molecule has 0 aliphatic heterocycles. The quantitative estimate of drug-likeness (QED) is 0.655. The largest absolute Gasteiger partial charge is 0.481 e. The highest BCUT2D eigenvalue weighted by Gasteiger charge is 2.35. The molecular formula is C10H16O2. The van der Waals surface area contributed by atoms with E-state index in [2.05, 4.69) is 11.8 Å². The Morgan fingerprint density at radius 1 is 1.58 bits per heavy atom. The SMILES string of the molecule is CC#CCC(C)(C(=O)O)C(C)C. The third-order valence-corrected chi connectivity index (χ3v) is 2.40. The van der Waals surface area contributed by atoms with Gasteiger partial charge in [-0.3, -0.25) is 4.79 Å². The van der Waals surface area contributed by atoms with Crippen LogP contribution in [0.15, 0.2) is 0 Å². The summed E-state index contributed by atoms with van der Waals surface area (Å²) in [6.45, 7) is 7.28. The van der Waals surface area contributed by atoms with Crippen LogP contribution in [-0.2, 0) is 4.79 Å². The van der Waals surface area contributed by atoms with E-state index in [9.17, 15) is 4.79 Å². The van der Waals surface area contributed by atoms with Crippen LogP contribution in [-0.4, -0.2) is 11.1 Å². The van der Waals surface area contributed by atoms with Crippen LogP contribution in [0.1, 0.15) is 34.1 Å². The maximum absolute atomic E-state index is 10.9. The molecule has 0 bridgehead atoms. The molecule has 0 amide bonds. The summed E-state index contributed by atoms with van der Waals surface area (Å²) in [5.41, 5.74) is -0.705. The fourth-order valence-corrected chi connectivity index (χ4v) is 0.799. The molecule has 0 aliphatic carbocycles. The van der Waals surface area contributed by atoms with Crippen LogP contribution < -0.4 is 0 Å². The molecule has 0 saturated carbocycles. The maximum atomic E-state index is 10.9. The van der Waals surface area contributed by atoms with Gasteiger partial charge in [-0.2, -0.15) is 0 Å². The van der Waals surface area contributed by atoms with Gasteiger partial charge in [0.1, 0.15) is 0 Å². The van der Waals surface area contributed by atoms with E-state index in [1.165, 1.54) is 0 Å². The molecule has 1 N–H and O–H groups in total. The van der Waals surface area contributed by atoms with Gasteiger partial charge in [0, 0.05) is 6.42 Å². The van der Waals surface area contributed by atoms with Crippen LogP contribution in [0.25, 0.3) is 0 Å². The van der Waals surface area contributed by atoms with Crippen molar-refractivity contribution in [3.05, 3.63) is 0 Å². The van der Waals surface area contributed by atoms with Gasteiger partial charge in [0.25, 0.3) is 0 Å². The molecule has 0 fully saturated rings. The summed E-state index contributed by atoms with van der Waals surface area (Å²) in [5.74, 6) is 4.88. The fourth-order valence-electron chi connectivity index (χ4n) is 0.799. The Bertz CT molecular complexity index is 220. The zero-order valence-corrected chi connectivity index (χ0v) is 8.14. The Labute approximate surface area is 74.0 Å². The molecule has 2 heteroatoms. The van der Waals surface area contributed by atoms with Gasteiger partial charge in [-0.15, -0.1) is 11.8 Å².